The van der Waals surface area contributed by atoms with E-state index in [0.29, 0.717) is 5.69 Å². The van der Waals surface area contributed by atoms with Crippen LogP contribution < -0.4 is 9.62 Å². The number of aryl methyl sites for hydroxylation is 2. The van der Waals surface area contributed by atoms with Crippen LogP contribution in [-0.4, -0.2) is 26.6 Å². The van der Waals surface area contributed by atoms with Gasteiger partial charge in [-0.3, -0.25) is 9.10 Å². The second kappa shape index (κ2) is 8.57. The van der Waals surface area contributed by atoms with E-state index in [1.165, 1.54) is 5.56 Å². The molecule has 1 amide bonds. The van der Waals surface area contributed by atoms with Crippen molar-refractivity contribution in [1.82, 2.24) is 5.32 Å². The lowest BCUT2D eigenvalue weighted by Gasteiger charge is -2.29. The molecule has 6 heteroatoms. The van der Waals surface area contributed by atoms with Gasteiger partial charge in [0.25, 0.3) is 0 Å². The first-order valence-corrected chi connectivity index (χ1v) is 10.9. The number of benzene rings is 2. The van der Waals surface area contributed by atoms with Gasteiger partial charge in [0, 0.05) is 0 Å². The Labute approximate surface area is 162 Å². The van der Waals surface area contributed by atoms with Crippen molar-refractivity contribution in [2.24, 2.45) is 0 Å². The fraction of sp³-hybridized carbons (Fsp3) is 0.381. The number of carbonyl (C=O) groups excluding carboxylic acids is 1. The molecule has 0 spiro atoms. The standard InChI is InChI=1S/C21H28N2O3S/c1-6-18-9-11-19(12-10-18)16(3)22-21(24)17(4)23(27(5,25)26)20-13-7-15(2)8-14-20/h7-14,16-17H,6H2,1-5H3,(H,22,24)/t16-,17+/m1/s1. The lowest BCUT2D eigenvalue weighted by Crippen LogP contribution is -2.48. The molecule has 27 heavy (non-hydrogen) atoms. The number of rotatable bonds is 7. The van der Waals surface area contributed by atoms with Gasteiger partial charge in [0.15, 0.2) is 0 Å². The van der Waals surface area contributed by atoms with E-state index in [0.717, 1.165) is 28.1 Å². The third-order valence-corrected chi connectivity index (χ3v) is 5.87. The molecule has 0 unspecified atom stereocenters. The molecule has 0 bridgehead atoms. The molecule has 0 aliphatic carbocycles. The maximum absolute atomic E-state index is 12.8. The monoisotopic (exact) mass is 388 g/mol. The molecule has 0 saturated heterocycles. The third kappa shape index (κ3) is 5.32. The Kier molecular flexibility index (Phi) is 6.65. The van der Waals surface area contributed by atoms with Crippen molar-refractivity contribution < 1.29 is 13.2 Å². The summed E-state index contributed by atoms with van der Waals surface area (Å²) in [6, 6.07) is 14.1. The molecule has 0 aromatic heterocycles. The molecular formula is C21H28N2O3S. The van der Waals surface area contributed by atoms with Crippen LogP contribution in [0, 0.1) is 6.92 Å². The smallest absolute Gasteiger partial charge is 0.244 e. The molecule has 0 fully saturated rings. The number of carbonyl (C=O) groups is 1. The van der Waals surface area contributed by atoms with E-state index in [9.17, 15) is 13.2 Å². The molecule has 5 nitrogen and oxygen atoms in total. The van der Waals surface area contributed by atoms with E-state index < -0.39 is 16.1 Å². The number of nitrogens with zero attached hydrogens (tertiary/aromatic N) is 1. The summed E-state index contributed by atoms with van der Waals surface area (Å²) in [7, 11) is -3.61. The van der Waals surface area contributed by atoms with Crippen LogP contribution in [0.25, 0.3) is 0 Å². The lowest BCUT2D eigenvalue weighted by molar-refractivity contribution is -0.122. The largest absolute Gasteiger partial charge is 0.348 e. The van der Waals surface area contributed by atoms with Crippen molar-refractivity contribution in [3.63, 3.8) is 0 Å². The molecular weight excluding hydrogens is 360 g/mol. The van der Waals surface area contributed by atoms with E-state index in [1.807, 2.05) is 50.2 Å². The average molecular weight is 389 g/mol. The van der Waals surface area contributed by atoms with Gasteiger partial charge in [0.1, 0.15) is 6.04 Å². The molecule has 1 N–H and O–H groups in total. The highest BCUT2D eigenvalue weighted by Gasteiger charge is 2.29. The Morgan fingerprint density at radius 3 is 2.07 bits per heavy atom. The van der Waals surface area contributed by atoms with Gasteiger partial charge in [-0.1, -0.05) is 48.9 Å². The van der Waals surface area contributed by atoms with E-state index >= 15 is 0 Å². The molecule has 2 aromatic rings. The maximum atomic E-state index is 12.8. The highest BCUT2D eigenvalue weighted by atomic mass is 32.2. The van der Waals surface area contributed by atoms with Gasteiger partial charge >= 0.3 is 0 Å². The molecule has 0 saturated carbocycles. The van der Waals surface area contributed by atoms with E-state index in [1.54, 1.807) is 19.1 Å². The number of hydrogen-bond donors (Lipinski definition) is 1. The summed E-state index contributed by atoms with van der Waals surface area (Å²) < 4.78 is 25.8. The van der Waals surface area contributed by atoms with Gasteiger partial charge < -0.3 is 5.32 Å². The van der Waals surface area contributed by atoms with Crippen molar-refractivity contribution >= 4 is 21.6 Å². The zero-order chi connectivity index (χ0) is 20.2. The first kappa shape index (κ1) is 21.0. The van der Waals surface area contributed by atoms with Crippen molar-refractivity contribution in [3.8, 4) is 0 Å². The summed E-state index contributed by atoms with van der Waals surface area (Å²) >= 11 is 0. The summed E-state index contributed by atoms with van der Waals surface area (Å²) in [6.07, 6.45) is 2.07. The topological polar surface area (TPSA) is 66.5 Å². The van der Waals surface area contributed by atoms with Crippen molar-refractivity contribution in [1.29, 1.82) is 0 Å². The highest BCUT2D eigenvalue weighted by molar-refractivity contribution is 7.92. The fourth-order valence-corrected chi connectivity index (χ4v) is 4.13. The van der Waals surface area contributed by atoms with E-state index in [4.69, 9.17) is 0 Å². The zero-order valence-corrected chi connectivity index (χ0v) is 17.4. The Bertz CT molecular complexity index is 875. The molecule has 2 aromatic carbocycles. The van der Waals surface area contributed by atoms with Crippen LogP contribution in [0.2, 0.25) is 0 Å². The third-order valence-electron chi connectivity index (χ3n) is 4.62. The second-order valence-electron chi connectivity index (χ2n) is 6.90. The van der Waals surface area contributed by atoms with E-state index in [2.05, 4.69) is 12.2 Å². The second-order valence-corrected chi connectivity index (χ2v) is 8.76. The van der Waals surface area contributed by atoms with Crippen molar-refractivity contribution in [2.45, 2.75) is 46.2 Å². The summed E-state index contributed by atoms with van der Waals surface area (Å²) in [6.45, 7) is 7.51. The van der Waals surface area contributed by atoms with Crippen molar-refractivity contribution in [3.05, 3.63) is 65.2 Å². The molecule has 0 aliphatic rings. The Morgan fingerprint density at radius 1 is 1.04 bits per heavy atom. The fourth-order valence-electron chi connectivity index (χ4n) is 2.96. The normalized spacial score (nSPS) is 13.7. The highest BCUT2D eigenvalue weighted by Crippen LogP contribution is 2.22. The van der Waals surface area contributed by atoms with Crippen LogP contribution in [0.5, 0.6) is 0 Å². The minimum atomic E-state index is -3.61. The predicted molar refractivity (Wildman–Crippen MR) is 110 cm³/mol. The van der Waals surface area contributed by atoms with E-state index in [-0.39, 0.29) is 11.9 Å². The Balaban J connectivity index is 2.20. The van der Waals surface area contributed by atoms with Crippen LogP contribution in [0.1, 0.15) is 43.5 Å². The van der Waals surface area contributed by atoms with Crippen LogP contribution in [-0.2, 0) is 21.2 Å². The lowest BCUT2D eigenvalue weighted by atomic mass is 10.0. The van der Waals surface area contributed by atoms with Crippen molar-refractivity contribution in [2.75, 3.05) is 10.6 Å². The van der Waals surface area contributed by atoms with Crippen LogP contribution in [0.4, 0.5) is 5.69 Å². The summed E-state index contributed by atoms with van der Waals surface area (Å²) in [5, 5.41) is 2.92. The predicted octanol–water partition coefficient (Wildman–Crippen LogP) is 3.59. The molecule has 0 radical (unpaired) electrons. The molecule has 146 valence electrons. The zero-order valence-electron chi connectivity index (χ0n) is 16.6. The van der Waals surface area contributed by atoms with Gasteiger partial charge in [-0.15, -0.1) is 0 Å². The average Bonchev–Trinajstić information content (AvgIpc) is 2.62. The van der Waals surface area contributed by atoms with Crippen LogP contribution in [0.3, 0.4) is 0 Å². The Morgan fingerprint density at radius 2 is 1.59 bits per heavy atom. The Hall–Kier alpha value is -2.34. The summed E-state index contributed by atoms with van der Waals surface area (Å²) in [5.41, 5.74) is 3.71. The number of nitrogens with one attached hydrogen (secondary N) is 1. The van der Waals surface area contributed by atoms with Crippen LogP contribution >= 0.6 is 0 Å². The SMILES string of the molecule is CCc1ccc([C@@H](C)NC(=O)[C@H](C)N(c2ccc(C)cc2)S(C)(=O)=O)cc1. The minimum Gasteiger partial charge on any atom is -0.348 e. The molecule has 2 atom stereocenters. The van der Waals surface area contributed by atoms with Gasteiger partial charge in [-0.2, -0.15) is 0 Å². The van der Waals surface area contributed by atoms with Gasteiger partial charge in [-0.05, 0) is 50.5 Å². The van der Waals surface area contributed by atoms with Crippen LogP contribution in [0.15, 0.2) is 48.5 Å². The number of hydrogen-bond acceptors (Lipinski definition) is 3. The minimum absolute atomic E-state index is 0.217. The number of amides is 1. The van der Waals surface area contributed by atoms with Gasteiger partial charge in [0.2, 0.25) is 15.9 Å². The number of sulfonamides is 1. The molecule has 0 heterocycles. The quantitative estimate of drug-likeness (QED) is 0.788. The van der Waals surface area contributed by atoms with Gasteiger partial charge in [0.05, 0.1) is 18.0 Å². The number of anilines is 1. The first-order valence-electron chi connectivity index (χ1n) is 9.08. The molecule has 2 rings (SSSR count). The summed E-state index contributed by atoms with van der Waals surface area (Å²) in [4.78, 5) is 12.8. The first-order chi connectivity index (χ1) is 12.6. The maximum Gasteiger partial charge on any atom is 0.244 e. The molecule has 0 aliphatic heterocycles. The summed E-state index contributed by atoms with van der Waals surface area (Å²) in [5.74, 6) is -0.340. The van der Waals surface area contributed by atoms with Gasteiger partial charge in [-0.25, -0.2) is 8.42 Å².